The Bertz CT molecular complexity index is 760. The monoisotopic (exact) mass is 383 g/mol. The van der Waals surface area contributed by atoms with Crippen molar-refractivity contribution in [3.05, 3.63) is 40.6 Å². The molecule has 138 valence electrons. The minimum atomic E-state index is -0.0235. The first-order valence-corrected chi connectivity index (χ1v) is 8.39. The van der Waals surface area contributed by atoms with Crippen LogP contribution in [0.5, 0.6) is 0 Å². The number of nitrogens with zero attached hydrogens (tertiary/aromatic N) is 1. The first-order chi connectivity index (χ1) is 11.0. The van der Waals surface area contributed by atoms with E-state index < -0.39 is 0 Å². The van der Waals surface area contributed by atoms with Crippen LogP contribution >= 0.6 is 24.8 Å². The fraction of sp³-hybridized carbons (Fsp3) is 0.474. The van der Waals surface area contributed by atoms with E-state index in [0.29, 0.717) is 19.0 Å². The van der Waals surface area contributed by atoms with Crippen molar-refractivity contribution in [1.82, 2.24) is 10.3 Å². The predicted octanol–water partition coefficient (Wildman–Crippen LogP) is 3.90. The molecule has 1 aromatic carbocycles. The molecule has 1 saturated carbocycles. The number of nitrogens with two attached hydrogens (primary N) is 1. The minimum Gasteiger partial charge on any atom is -0.352 e. The lowest BCUT2D eigenvalue weighted by atomic mass is 10.00. The lowest BCUT2D eigenvalue weighted by Gasteiger charge is -2.14. The Morgan fingerprint density at radius 3 is 2.56 bits per heavy atom. The number of hydrogen-bond donors (Lipinski definition) is 2. The lowest BCUT2D eigenvalue weighted by molar-refractivity contribution is 0.0950. The van der Waals surface area contributed by atoms with Gasteiger partial charge in [0.2, 0.25) is 0 Å². The van der Waals surface area contributed by atoms with Gasteiger partial charge in [0.25, 0.3) is 5.91 Å². The van der Waals surface area contributed by atoms with Crippen LogP contribution in [-0.2, 0) is 0 Å². The van der Waals surface area contributed by atoms with Gasteiger partial charge in [-0.1, -0.05) is 18.6 Å². The highest BCUT2D eigenvalue weighted by molar-refractivity contribution is 6.07. The smallest absolute Gasteiger partial charge is 0.252 e. The van der Waals surface area contributed by atoms with Crippen molar-refractivity contribution in [2.24, 2.45) is 11.7 Å². The molecular formula is C19H27Cl2N3O. The third kappa shape index (κ3) is 4.84. The predicted molar refractivity (Wildman–Crippen MR) is 108 cm³/mol. The van der Waals surface area contributed by atoms with Gasteiger partial charge < -0.3 is 11.1 Å². The van der Waals surface area contributed by atoms with Gasteiger partial charge in [-0.2, -0.15) is 0 Å². The Hall–Kier alpha value is -1.36. The molecule has 6 heteroatoms. The Balaban J connectivity index is 0.00000156. The van der Waals surface area contributed by atoms with E-state index in [1.807, 2.05) is 13.0 Å². The second-order valence-corrected chi connectivity index (χ2v) is 6.90. The third-order valence-electron chi connectivity index (χ3n) is 4.52. The zero-order chi connectivity index (χ0) is 16.6. The number of aromatic nitrogens is 1. The fourth-order valence-corrected chi connectivity index (χ4v) is 2.92. The van der Waals surface area contributed by atoms with Gasteiger partial charge in [-0.3, -0.25) is 9.78 Å². The summed E-state index contributed by atoms with van der Waals surface area (Å²) in [4.78, 5) is 17.5. The summed E-state index contributed by atoms with van der Waals surface area (Å²) in [5.74, 6) is 0.776. The number of nitrogens with one attached hydrogen (secondary N) is 1. The molecule has 1 unspecified atom stereocenters. The van der Waals surface area contributed by atoms with E-state index in [2.05, 4.69) is 31.3 Å². The minimum absolute atomic E-state index is 0. The largest absolute Gasteiger partial charge is 0.352 e. The van der Waals surface area contributed by atoms with Gasteiger partial charge in [0.15, 0.2) is 0 Å². The number of benzene rings is 1. The molecule has 1 atom stereocenters. The molecule has 4 nitrogen and oxygen atoms in total. The fourth-order valence-electron chi connectivity index (χ4n) is 2.92. The van der Waals surface area contributed by atoms with Crippen molar-refractivity contribution < 1.29 is 4.79 Å². The maximum absolute atomic E-state index is 12.7. The maximum atomic E-state index is 12.7. The third-order valence-corrected chi connectivity index (χ3v) is 4.52. The van der Waals surface area contributed by atoms with Crippen LogP contribution in [0.25, 0.3) is 10.9 Å². The summed E-state index contributed by atoms with van der Waals surface area (Å²) in [6, 6.07) is 6.18. The Kier molecular flexibility index (Phi) is 7.66. The van der Waals surface area contributed by atoms with Crippen molar-refractivity contribution in [3.63, 3.8) is 0 Å². The standard InChI is InChI=1S/C19H25N3O.2ClH/c1-11-6-13(3)18-15(7-11)16(8-17(22-18)14-4-5-14)19(23)21-10-12(2)9-20;;/h6-8,12,14H,4-5,9-10,20H2,1-3H3,(H,21,23);2*1H. The Labute approximate surface area is 161 Å². The SMILES string of the molecule is Cc1cc(C)c2nc(C3CC3)cc(C(=O)NCC(C)CN)c2c1.Cl.Cl. The number of hydrogen-bond acceptors (Lipinski definition) is 3. The average molecular weight is 384 g/mol. The quantitative estimate of drug-likeness (QED) is 0.822. The Morgan fingerprint density at radius 2 is 1.96 bits per heavy atom. The number of aryl methyl sites for hydroxylation is 2. The molecule has 0 aliphatic heterocycles. The summed E-state index contributed by atoms with van der Waals surface area (Å²) in [7, 11) is 0. The molecule has 1 aromatic heterocycles. The zero-order valence-electron chi connectivity index (χ0n) is 15.0. The molecule has 25 heavy (non-hydrogen) atoms. The van der Waals surface area contributed by atoms with Crippen molar-refractivity contribution in [1.29, 1.82) is 0 Å². The van der Waals surface area contributed by atoms with Crippen molar-refractivity contribution in [2.75, 3.05) is 13.1 Å². The molecule has 1 fully saturated rings. The highest BCUT2D eigenvalue weighted by Gasteiger charge is 2.27. The molecule has 1 amide bonds. The van der Waals surface area contributed by atoms with E-state index in [4.69, 9.17) is 10.7 Å². The van der Waals surface area contributed by atoms with Gasteiger partial charge in [-0.05, 0) is 56.8 Å². The van der Waals surface area contributed by atoms with Crippen molar-refractivity contribution in [3.8, 4) is 0 Å². The summed E-state index contributed by atoms with van der Waals surface area (Å²) in [5.41, 5.74) is 10.7. The van der Waals surface area contributed by atoms with E-state index in [1.54, 1.807) is 0 Å². The van der Waals surface area contributed by atoms with Crippen molar-refractivity contribution in [2.45, 2.75) is 39.5 Å². The van der Waals surface area contributed by atoms with E-state index in [0.717, 1.165) is 33.3 Å². The zero-order valence-corrected chi connectivity index (χ0v) is 16.6. The molecule has 0 bridgehead atoms. The molecule has 3 N–H and O–H groups in total. The van der Waals surface area contributed by atoms with Gasteiger partial charge in [0, 0.05) is 23.5 Å². The highest BCUT2D eigenvalue weighted by Crippen LogP contribution is 2.40. The molecule has 0 spiro atoms. The van der Waals surface area contributed by atoms with Crippen LogP contribution in [0.2, 0.25) is 0 Å². The molecule has 0 saturated heterocycles. The second-order valence-electron chi connectivity index (χ2n) is 6.90. The number of pyridine rings is 1. The van der Waals surface area contributed by atoms with Gasteiger partial charge in [-0.15, -0.1) is 24.8 Å². The first kappa shape index (κ1) is 21.7. The number of amides is 1. The van der Waals surface area contributed by atoms with E-state index in [1.165, 1.54) is 12.8 Å². The number of rotatable bonds is 5. The number of fused-ring (bicyclic) bond motifs is 1. The molecule has 1 aliphatic rings. The van der Waals surface area contributed by atoms with Gasteiger partial charge >= 0.3 is 0 Å². The van der Waals surface area contributed by atoms with Crippen LogP contribution in [0.1, 0.15) is 52.9 Å². The number of halogens is 2. The second kappa shape index (κ2) is 8.84. The summed E-state index contributed by atoms with van der Waals surface area (Å²) < 4.78 is 0. The van der Waals surface area contributed by atoms with Crippen LogP contribution in [0, 0.1) is 19.8 Å². The van der Waals surface area contributed by atoms with Crippen LogP contribution in [0.15, 0.2) is 18.2 Å². The first-order valence-electron chi connectivity index (χ1n) is 8.39. The van der Waals surface area contributed by atoms with E-state index in [9.17, 15) is 4.79 Å². The summed E-state index contributed by atoms with van der Waals surface area (Å²) in [6.07, 6.45) is 2.35. The Morgan fingerprint density at radius 1 is 1.28 bits per heavy atom. The summed E-state index contributed by atoms with van der Waals surface area (Å²) in [6.45, 7) is 7.33. The van der Waals surface area contributed by atoms with Crippen LogP contribution in [0.3, 0.4) is 0 Å². The average Bonchev–Trinajstić information content (AvgIpc) is 3.36. The van der Waals surface area contributed by atoms with Crippen LogP contribution in [0.4, 0.5) is 0 Å². The molecule has 1 aliphatic carbocycles. The van der Waals surface area contributed by atoms with E-state index in [-0.39, 0.29) is 36.6 Å². The lowest BCUT2D eigenvalue weighted by Crippen LogP contribution is -2.31. The molecule has 2 aromatic rings. The van der Waals surface area contributed by atoms with Crippen LogP contribution in [-0.4, -0.2) is 24.0 Å². The van der Waals surface area contributed by atoms with Gasteiger partial charge in [0.1, 0.15) is 0 Å². The van der Waals surface area contributed by atoms with Gasteiger partial charge in [-0.25, -0.2) is 0 Å². The van der Waals surface area contributed by atoms with E-state index >= 15 is 0 Å². The topological polar surface area (TPSA) is 68.0 Å². The molecule has 3 rings (SSSR count). The molecule has 1 heterocycles. The molecule has 0 radical (unpaired) electrons. The van der Waals surface area contributed by atoms with Crippen LogP contribution < -0.4 is 11.1 Å². The highest BCUT2D eigenvalue weighted by atomic mass is 35.5. The number of carbonyl (C=O) groups excluding carboxylic acids is 1. The van der Waals surface area contributed by atoms with Gasteiger partial charge in [0.05, 0.1) is 11.1 Å². The molecular weight excluding hydrogens is 357 g/mol. The summed E-state index contributed by atoms with van der Waals surface area (Å²) >= 11 is 0. The summed E-state index contributed by atoms with van der Waals surface area (Å²) in [5, 5.41) is 3.97. The maximum Gasteiger partial charge on any atom is 0.252 e. The normalized spacial score (nSPS) is 14.4. The van der Waals surface area contributed by atoms with Crippen molar-refractivity contribution >= 4 is 41.6 Å². The number of carbonyl (C=O) groups is 1.